The van der Waals surface area contributed by atoms with Crippen molar-refractivity contribution in [1.29, 1.82) is 0 Å². The molecule has 0 bridgehead atoms. The van der Waals surface area contributed by atoms with E-state index in [1.807, 2.05) is 0 Å². The Bertz CT molecular complexity index is 272. The van der Waals surface area contributed by atoms with Crippen molar-refractivity contribution < 1.29 is 14.3 Å². The van der Waals surface area contributed by atoms with Gasteiger partial charge in [0.1, 0.15) is 11.9 Å². The Morgan fingerprint density at radius 3 is 2.93 bits per heavy atom. The van der Waals surface area contributed by atoms with Crippen LogP contribution in [0.3, 0.4) is 0 Å². The number of methoxy groups -OCH3 is 1. The average molecular weight is 212 g/mol. The maximum Gasteiger partial charge on any atom is 0.330 e. The molecule has 15 heavy (non-hydrogen) atoms. The highest BCUT2D eigenvalue weighted by molar-refractivity contribution is 5.92. The Balaban J connectivity index is 1.88. The van der Waals surface area contributed by atoms with Gasteiger partial charge < -0.3 is 14.8 Å². The molecular weight excluding hydrogens is 196 g/mol. The molecule has 2 heterocycles. The van der Waals surface area contributed by atoms with Crippen LogP contribution in [0, 0.1) is 5.92 Å². The highest BCUT2D eigenvalue weighted by Gasteiger charge is 2.30. The van der Waals surface area contributed by atoms with Gasteiger partial charge in [0.25, 0.3) is 0 Å². The number of aliphatic imine (C=N–C) groups is 1. The minimum absolute atomic E-state index is 0.235. The highest BCUT2D eigenvalue weighted by atomic mass is 16.5. The summed E-state index contributed by atoms with van der Waals surface area (Å²) < 4.78 is 9.95. The third-order valence-electron chi connectivity index (χ3n) is 2.86. The molecule has 0 radical (unpaired) electrons. The van der Waals surface area contributed by atoms with Gasteiger partial charge in [-0.05, 0) is 12.8 Å². The summed E-state index contributed by atoms with van der Waals surface area (Å²) in [5.74, 6) is 1.14. The van der Waals surface area contributed by atoms with Crippen LogP contribution in [-0.2, 0) is 14.3 Å². The number of nitrogens with zero attached hydrogens (tertiary/aromatic N) is 1. The van der Waals surface area contributed by atoms with E-state index in [2.05, 4.69) is 15.0 Å². The number of esters is 1. The van der Waals surface area contributed by atoms with Gasteiger partial charge in [-0.3, -0.25) is 4.99 Å². The van der Waals surface area contributed by atoms with Crippen LogP contribution in [0.15, 0.2) is 4.99 Å². The Labute approximate surface area is 88.8 Å². The standard InChI is InChI=1S/C10H16N2O3/c1-14-10(13)8-6-11-9(12-8)7-2-4-15-5-3-7/h7-8H,2-6H2,1H3,(H,11,12). The summed E-state index contributed by atoms with van der Waals surface area (Å²) in [6.07, 6.45) is 1.97. The molecule has 1 saturated heterocycles. The molecule has 1 unspecified atom stereocenters. The lowest BCUT2D eigenvalue weighted by Crippen LogP contribution is -2.41. The lowest BCUT2D eigenvalue weighted by Gasteiger charge is -2.22. The first-order valence-electron chi connectivity index (χ1n) is 5.27. The van der Waals surface area contributed by atoms with Crippen molar-refractivity contribution in [3.05, 3.63) is 0 Å². The molecule has 5 nitrogen and oxygen atoms in total. The lowest BCUT2D eigenvalue weighted by molar-refractivity contribution is -0.142. The fraction of sp³-hybridized carbons (Fsp3) is 0.800. The minimum atomic E-state index is -0.284. The molecule has 0 aromatic heterocycles. The van der Waals surface area contributed by atoms with Gasteiger partial charge in [0, 0.05) is 19.1 Å². The van der Waals surface area contributed by atoms with E-state index < -0.39 is 0 Å². The van der Waals surface area contributed by atoms with Crippen LogP contribution in [0.1, 0.15) is 12.8 Å². The van der Waals surface area contributed by atoms with Crippen LogP contribution in [0.4, 0.5) is 0 Å². The second-order valence-corrected chi connectivity index (χ2v) is 3.83. The zero-order chi connectivity index (χ0) is 10.7. The Kier molecular flexibility index (Phi) is 3.20. The fourth-order valence-corrected chi connectivity index (χ4v) is 1.95. The topological polar surface area (TPSA) is 59.9 Å². The van der Waals surface area contributed by atoms with Gasteiger partial charge in [-0.15, -0.1) is 0 Å². The largest absolute Gasteiger partial charge is 0.467 e. The Morgan fingerprint density at radius 1 is 1.53 bits per heavy atom. The average Bonchev–Trinajstić information content (AvgIpc) is 2.78. The highest BCUT2D eigenvalue weighted by Crippen LogP contribution is 2.18. The first-order chi connectivity index (χ1) is 7.31. The van der Waals surface area contributed by atoms with Crippen LogP contribution >= 0.6 is 0 Å². The van der Waals surface area contributed by atoms with E-state index in [9.17, 15) is 4.79 Å². The SMILES string of the molecule is COC(=O)C1CN=C(C2CCOCC2)N1. The van der Waals surface area contributed by atoms with Crippen molar-refractivity contribution in [3.8, 4) is 0 Å². The fourth-order valence-electron chi connectivity index (χ4n) is 1.95. The molecule has 2 aliphatic rings. The van der Waals surface area contributed by atoms with Crippen molar-refractivity contribution in [3.63, 3.8) is 0 Å². The summed E-state index contributed by atoms with van der Waals surface area (Å²) >= 11 is 0. The van der Waals surface area contributed by atoms with Crippen LogP contribution in [0.5, 0.6) is 0 Å². The molecular formula is C10H16N2O3. The van der Waals surface area contributed by atoms with Gasteiger partial charge in [-0.1, -0.05) is 0 Å². The van der Waals surface area contributed by atoms with Crippen LogP contribution in [0.25, 0.3) is 0 Å². The van der Waals surface area contributed by atoms with E-state index in [1.165, 1.54) is 7.11 Å². The van der Waals surface area contributed by atoms with Gasteiger partial charge in [-0.2, -0.15) is 0 Å². The second-order valence-electron chi connectivity index (χ2n) is 3.83. The zero-order valence-electron chi connectivity index (χ0n) is 8.86. The third kappa shape index (κ3) is 2.28. The molecule has 0 aromatic rings. The lowest BCUT2D eigenvalue weighted by atomic mass is 9.99. The molecule has 1 fully saturated rings. The van der Waals surface area contributed by atoms with Gasteiger partial charge in [0.15, 0.2) is 0 Å². The van der Waals surface area contributed by atoms with Gasteiger partial charge in [0.05, 0.1) is 13.7 Å². The number of ether oxygens (including phenoxy) is 2. The van der Waals surface area contributed by atoms with E-state index in [1.54, 1.807) is 0 Å². The number of carbonyl (C=O) groups excluding carboxylic acids is 1. The van der Waals surface area contributed by atoms with Crippen molar-refractivity contribution in [2.45, 2.75) is 18.9 Å². The number of carbonyl (C=O) groups is 1. The molecule has 0 aromatic carbocycles. The van der Waals surface area contributed by atoms with Gasteiger partial charge in [-0.25, -0.2) is 4.79 Å². The van der Waals surface area contributed by atoms with E-state index >= 15 is 0 Å². The monoisotopic (exact) mass is 212 g/mol. The number of nitrogens with one attached hydrogen (secondary N) is 1. The van der Waals surface area contributed by atoms with E-state index in [0.717, 1.165) is 31.9 Å². The zero-order valence-corrected chi connectivity index (χ0v) is 8.86. The van der Waals surface area contributed by atoms with Crippen LogP contribution < -0.4 is 5.32 Å². The van der Waals surface area contributed by atoms with Crippen molar-refractivity contribution in [2.24, 2.45) is 10.9 Å². The molecule has 5 heteroatoms. The van der Waals surface area contributed by atoms with E-state index in [4.69, 9.17) is 4.74 Å². The van der Waals surface area contributed by atoms with Crippen molar-refractivity contribution in [1.82, 2.24) is 5.32 Å². The number of hydrogen-bond donors (Lipinski definition) is 1. The van der Waals surface area contributed by atoms with Crippen molar-refractivity contribution in [2.75, 3.05) is 26.9 Å². The maximum atomic E-state index is 11.3. The molecule has 0 amide bonds. The molecule has 0 saturated carbocycles. The first-order valence-corrected chi connectivity index (χ1v) is 5.27. The summed E-state index contributed by atoms with van der Waals surface area (Å²) in [6.45, 7) is 2.07. The minimum Gasteiger partial charge on any atom is -0.467 e. The van der Waals surface area contributed by atoms with Gasteiger partial charge >= 0.3 is 5.97 Å². The molecule has 84 valence electrons. The maximum absolute atomic E-state index is 11.3. The predicted molar refractivity (Wildman–Crippen MR) is 54.8 cm³/mol. The summed E-state index contributed by atoms with van der Waals surface area (Å²) in [6, 6.07) is -0.284. The normalized spacial score (nSPS) is 27.0. The first kappa shape index (κ1) is 10.4. The molecule has 2 rings (SSSR count). The summed E-state index contributed by atoms with van der Waals surface area (Å²) in [5.41, 5.74) is 0. The second kappa shape index (κ2) is 4.61. The Hall–Kier alpha value is -1.10. The van der Waals surface area contributed by atoms with E-state index in [0.29, 0.717) is 12.5 Å². The smallest absolute Gasteiger partial charge is 0.330 e. The quantitative estimate of drug-likeness (QED) is 0.652. The number of rotatable bonds is 2. The summed E-state index contributed by atoms with van der Waals surface area (Å²) in [5, 5.41) is 3.13. The van der Waals surface area contributed by atoms with Crippen LogP contribution in [-0.4, -0.2) is 44.7 Å². The predicted octanol–water partition coefficient (Wildman–Crippen LogP) is -0.0437. The molecule has 2 aliphatic heterocycles. The Morgan fingerprint density at radius 2 is 2.27 bits per heavy atom. The molecule has 1 N–H and O–H groups in total. The van der Waals surface area contributed by atoms with Crippen molar-refractivity contribution >= 4 is 11.8 Å². The van der Waals surface area contributed by atoms with Crippen LogP contribution in [0.2, 0.25) is 0 Å². The molecule has 0 spiro atoms. The summed E-state index contributed by atoms with van der Waals surface area (Å²) in [4.78, 5) is 15.6. The molecule has 0 aliphatic carbocycles. The van der Waals surface area contributed by atoms with Gasteiger partial charge in [0.2, 0.25) is 0 Å². The number of hydrogen-bond acceptors (Lipinski definition) is 5. The number of amidine groups is 1. The van der Waals surface area contributed by atoms with E-state index in [-0.39, 0.29) is 12.0 Å². The summed E-state index contributed by atoms with van der Waals surface area (Å²) in [7, 11) is 1.40. The molecule has 1 atom stereocenters. The third-order valence-corrected chi connectivity index (χ3v) is 2.86.